The van der Waals surface area contributed by atoms with Gasteiger partial charge in [0, 0.05) is 9.58 Å². The summed E-state index contributed by atoms with van der Waals surface area (Å²) >= 11 is 8.68. The molecule has 2 aromatic carbocycles. The molecule has 1 atom stereocenters. The van der Waals surface area contributed by atoms with Gasteiger partial charge in [0.25, 0.3) is 0 Å². The molecular formula is C15H9Br2FS. The fraction of sp³-hybridized carbons (Fsp3) is 0.0667. The Labute approximate surface area is 131 Å². The van der Waals surface area contributed by atoms with Gasteiger partial charge in [-0.3, -0.25) is 0 Å². The summed E-state index contributed by atoms with van der Waals surface area (Å²) < 4.78 is 15.0. The Kier molecular flexibility index (Phi) is 3.74. The zero-order chi connectivity index (χ0) is 13.4. The Bertz CT molecular complexity index is 703. The van der Waals surface area contributed by atoms with Crippen LogP contribution in [-0.4, -0.2) is 0 Å². The molecule has 19 heavy (non-hydrogen) atoms. The van der Waals surface area contributed by atoms with Crippen molar-refractivity contribution in [2.45, 2.75) is 4.83 Å². The van der Waals surface area contributed by atoms with Crippen LogP contribution in [0.4, 0.5) is 4.39 Å². The minimum atomic E-state index is -0.236. The number of rotatable bonds is 2. The van der Waals surface area contributed by atoms with E-state index in [4.69, 9.17) is 0 Å². The molecule has 1 unspecified atom stereocenters. The van der Waals surface area contributed by atoms with Gasteiger partial charge in [-0.25, -0.2) is 4.39 Å². The number of thiophene rings is 1. The van der Waals surface area contributed by atoms with E-state index in [0.717, 1.165) is 5.56 Å². The predicted octanol–water partition coefficient (Wildman–Crippen LogP) is 6.29. The second-order valence-corrected chi connectivity index (χ2v) is 7.11. The fourth-order valence-corrected chi connectivity index (χ4v) is 4.13. The standard InChI is InChI=1S/C15H9Br2FS/c16-11-7-10(5-6-12(11)18)15(17)14-8-9-3-1-2-4-13(9)19-14/h1-8,15H. The highest BCUT2D eigenvalue weighted by Gasteiger charge is 2.14. The third-order valence-corrected chi connectivity index (χ3v) is 6.04. The highest BCUT2D eigenvalue weighted by Crippen LogP contribution is 2.39. The van der Waals surface area contributed by atoms with E-state index in [0.29, 0.717) is 4.47 Å². The lowest BCUT2D eigenvalue weighted by molar-refractivity contribution is 0.620. The molecule has 4 heteroatoms. The van der Waals surface area contributed by atoms with Crippen LogP contribution < -0.4 is 0 Å². The van der Waals surface area contributed by atoms with Gasteiger partial charge in [0.2, 0.25) is 0 Å². The second kappa shape index (κ2) is 5.35. The maximum atomic E-state index is 13.3. The summed E-state index contributed by atoms with van der Waals surface area (Å²) in [6.45, 7) is 0. The monoisotopic (exact) mass is 398 g/mol. The zero-order valence-corrected chi connectivity index (χ0v) is 13.7. The molecule has 3 rings (SSSR count). The summed E-state index contributed by atoms with van der Waals surface area (Å²) in [6.07, 6.45) is 0. The molecule has 0 aliphatic rings. The van der Waals surface area contributed by atoms with Crippen molar-refractivity contribution in [3.63, 3.8) is 0 Å². The van der Waals surface area contributed by atoms with Crippen molar-refractivity contribution in [2.24, 2.45) is 0 Å². The molecule has 96 valence electrons. The highest BCUT2D eigenvalue weighted by molar-refractivity contribution is 9.10. The first-order valence-electron chi connectivity index (χ1n) is 5.72. The minimum Gasteiger partial charge on any atom is -0.206 e. The molecule has 0 nitrogen and oxygen atoms in total. The SMILES string of the molecule is Fc1ccc(C(Br)c2cc3ccccc3s2)cc1Br. The molecule has 0 spiro atoms. The Balaban J connectivity index is 2.02. The summed E-state index contributed by atoms with van der Waals surface area (Å²) in [5, 5.41) is 1.24. The quantitative estimate of drug-likeness (QED) is 0.444. The first kappa shape index (κ1) is 13.3. The molecule has 0 saturated heterocycles. The number of alkyl halides is 1. The van der Waals surface area contributed by atoms with Gasteiger partial charge in [0.05, 0.1) is 9.30 Å². The van der Waals surface area contributed by atoms with Crippen LogP contribution in [0.25, 0.3) is 10.1 Å². The van der Waals surface area contributed by atoms with Crippen LogP contribution in [0.15, 0.2) is 53.0 Å². The first-order valence-corrected chi connectivity index (χ1v) is 8.25. The van der Waals surface area contributed by atoms with Crippen molar-refractivity contribution in [3.8, 4) is 0 Å². The molecule has 1 heterocycles. The minimum absolute atomic E-state index is 0.0850. The van der Waals surface area contributed by atoms with Crippen molar-refractivity contribution in [1.29, 1.82) is 0 Å². The molecule has 0 aliphatic carbocycles. The van der Waals surface area contributed by atoms with E-state index in [-0.39, 0.29) is 10.6 Å². The normalized spacial score (nSPS) is 12.8. The van der Waals surface area contributed by atoms with Crippen LogP contribution in [0.5, 0.6) is 0 Å². The van der Waals surface area contributed by atoms with Crippen LogP contribution in [0.2, 0.25) is 0 Å². The van der Waals surface area contributed by atoms with Crippen molar-refractivity contribution < 1.29 is 4.39 Å². The summed E-state index contributed by atoms with van der Waals surface area (Å²) in [6, 6.07) is 15.6. The molecule has 1 aromatic heterocycles. The number of fused-ring (bicyclic) bond motifs is 1. The molecule has 0 bridgehead atoms. The lowest BCUT2D eigenvalue weighted by Gasteiger charge is -2.08. The van der Waals surface area contributed by atoms with Gasteiger partial charge < -0.3 is 0 Å². The fourth-order valence-electron chi connectivity index (χ4n) is 1.96. The largest absolute Gasteiger partial charge is 0.206 e. The lowest BCUT2D eigenvalue weighted by Crippen LogP contribution is -1.90. The Morgan fingerprint density at radius 3 is 2.58 bits per heavy atom. The Hall–Kier alpha value is -0.710. The molecule has 0 N–H and O–H groups in total. The summed E-state index contributed by atoms with van der Waals surface area (Å²) in [5.41, 5.74) is 1.04. The van der Waals surface area contributed by atoms with Crippen molar-refractivity contribution in [3.05, 3.63) is 69.3 Å². The van der Waals surface area contributed by atoms with E-state index in [9.17, 15) is 4.39 Å². The Morgan fingerprint density at radius 2 is 1.84 bits per heavy atom. The van der Waals surface area contributed by atoms with Crippen molar-refractivity contribution in [1.82, 2.24) is 0 Å². The van der Waals surface area contributed by atoms with E-state index in [1.54, 1.807) is 11.3 Å². The number of hydrogen-bond donors (Lipinski definition) is 0. The third kappa shape index (κ3) is 2.62. The van der Waals surface area contributed by atoms with Gasteiger partial charge in [-0.05, 0) is 51.1 Å². The first-order chi connectivity index (χ1) is 9.15. The summed E-state index contributed by atoms with van der Waals surface area (Å²) in [4.78, 5) is 1.31. The van der Waals surface area contributed by atoms with Crippen LogP contribution in [0, 0.1) is 5.82 Å². The van der Waals surface area contributed by atoms with Crippen LogP contribution in [-0.2, 0) is 0 Å². The number of halogens is 3. The lowest BCUT2D eigenvalue weighted by atomic mass is 10.1. The summed E-state index contributed by atoms with van der Waals surface area (Å²) in [7, 11) is 0. The predicted molar refractivity (Wildman–Crippen MR) is 86.7 cm³/mol. The van der Waals surface area contributed by atoms with Gasteiger partial charge in [-0.2, -0.15) is 0 Å². The summed E-state index contributed by atoms with van der Waals surface area (Å²) in [5.74, 6) is -0.236. The van der Waals surface area contributed by atoms with Gasteiger partial charge in [0.15, 0.2) is 0 Å². The third-order valence-electron chi connectivity index (χ3n) is 2.93. The van der Waals surface area contributed by atoms with Gasteiger partial charge in [0.1, 0.15) is 5.82 Å². The molecule has 0 aliphatic heterocycles. The van der Waals surface area contributed by atoms with E-state index in [1.165, 1.54) is 21.0 Å². The molecule has 0 fully saturated rings. The molecular weight excluding hydrogens is 391 g/mol. The molecule has 0 amide bonds. The van der Waals surface area contributed by atoms with Crippen LogP contribution >= 0.6 is 43.2 Å². The van der Waals surface area contributed by atoms with Crippen molar-refractivity contribution in [2.75, 3.05) is 0 Å². The second-order valence-electron chi connectivity index (χ2n) is 4.22. The zero-order valence-electron chi connectivity index (χ0n) is 9.74. The van der Waals surface area contributed by atoms with E-state index >= 15 is 0 Å². The van der Waals surface area contributed by atoms with Crippen LogP contribution in [0.1, 0.15) is 15.3 Å². The number of hydrogen-bond acceptors (Lipinski definition) is 1. The van der Waals surface area contributed by atoms with E-state index in [2.05, 4.69) is 50.1 Å². The maximum absolute atomic E-state index is 13.3. The molecule has 3 aromatic rings. The number of benzene rings is 2. The van der Waals surface area contributed by atoms with Crippen molar-refractivity contribution >= 4 is 53.3 Å². The van der Waals surface area contributed by atoms with E-state index in [1.807, 2.05) is 24.3 Å². The molecule has 0 saturated carbocycles. The van der Waals surface area contributed by atoms with Gasteiger partial charge in [-0.1, -0.05) is 40.2 Å². The Morgan fingerprint density at radius 1 is 1.05 bits per heavy atom. The molecule has 0 radical (unpaired) electrons. The highest BCUT2D eigenvalue weighted by atomic mass is 79.9. The van der Waals surface area contributed by atoms with Crippen LogP contribution in [0.3, 0.4) is 0 Å². The average Bonchev–Trinajstić information content (AvgIpc) is 2.85. The smallest absolute Gasteiger partial charge is 0.137 e. The van der Waals surface area contributed by atoms with Gasteiger partial charge in [-0.15, -0.1) is 11.3 Å². The van der Waals surface area contributed by atoms with E-state index < -0.39 is 0 Å². The van der Waals surface area contributed by atoms with Gasteiger partial charge >= 0.3 is 0 Å². The maximum Gasteiger partial charge on any atom is 0.137 e. The average molecular weight is 400 g/mol. The topological polar surface area (TPSA) is 0 Å².